The normalized spacial score (nSPS) is 10.8. The maximum Gasteiger partial charge on any atom is 0.122 e. The lowest BCUT2D eigenvalue weighted by Gasteiger charge is -1.98. The minimum atomic E-state index is 1.10. The average Bonchev–Trinajstić information content (AvgIpc) is 2.49. The molecule has 0 fully saturated rings. The van der Waals surface area contributed by atoms with E-state index in [1.807, 2.05) is 18.6 Å². The molecule has 0 N–H and O–H groups in total. The van der Waals surface area contributed by atoms with Crippen LogP contribution in [0.4, 0.5) is 0 Å². The first-order valence-electron chi connectivity index (χ1n) is 3.79. The number of thioether (sulfide) groups is 1. The highest BCUT2D eigenvalue weighted by atomic mass is 32.2. The highest BCUT2D eigenvalue weighted by molar-refractivity contribution is 7.98. The van der Waals surface area contributed by atoms with Crippen molar-refractivity contribution in [3.63, 3.8) is 0 Å². The second-order valence-electron chi connectivity index (χ2n) is 2.70. The molecule has 2 heterocycles. The van der Waals surface area contributed by atoms with Crippen LogP contribution in [-0.4, -0.2) is 15.6 Å². The molecule has 0 amide bonds. The fraction of sp³-hybridized carbons (Fsp3) is 0.222. The van der Waals surface area contributed by atoms with E-state index in [1.165, 1.54) is 11.1 Å². The molecule has 0 aromatic carbocycles. The number of hydrogen-bond donors (Lipinski definition) is 0. The van der Waals surface area contributed by atoms with Crippen LogP contribution >= 0.6 is 11.8 Å². The zero-order chi connectivity index (χ0) is 8.55. The second kappa shape index (κ2) is 2.83. The van der Waals surface area contributed by atoms with Crippen LogP contribution < -0.4 is 0 Å². The molecule has 0 spiro atoms. The van der Waals surface area contributed by atoms with Crippen LogP contribution in [0.1, 0.15) is 5.56 Å². The summed E-state index contributed by atoms with van der Waals surface area (Å²) in [4.78, 5) is 4.30. The maximum atomic E-state index is 4.30. The van der Waals surface area contributed by atoms with Crippen molar-refractivity contribution in [2.45, 2.75) is 11.9 Å². The van der Waals surface area contributed by atoms with E-state index in [-0.39, 0.29) is 0 Å². The zero-order valence-electron chi connectivity index (χ0n) is 7.11. The molecule has 0 aliphatic rings. The molecule has 0 saturated heterocycles. The summed E-state index contributed by atoms with van der Waals surface area (Å²) in [5.74, 6) is 0. The molecule has 3 heteroatoms. The van der Waals surface area contributed by atoms with Gasteiger partial charge in [0, 0.05) is 6.20 Å². The third-order valence-electron chi connectivity index (χ3n) is 1.92. The van der Waals surface area contributed by atoms with Crippen LogP contribution in [0.3, 0.4) is 0 Å². The number of imidazole rings is 1. The molecule has 0 radical (unpaired) electrons. The van der Waals surface area contributed by atoms with Gasteiger partial charge in [-0.1, -0.05) is 6.07 Å². The Morgan fingerprint density at radius 1 is 1.50 bits per heavy atom. The summed E-state index contributed by atoms with van der Waals surface area (Å²) in [7, 11) is 0. The molecule has 0 aliphatic carbocycles. The lowest BCUT2D eigenvalue weighted by Crippen LogP contribution is -1.84. The fourth-order valence-corrected chi connectivity index (χ4v) is 1.95. The Morgan fingerprint density at radius 2 is 2.33 bits per heavy atom. The average molecular weight is 178 g/mol. The lowest BCUT2D eigenvalue weighted by atomic mass is 10.3. The van der Waals surface area contributed by atoms with Gasteiger partial charge in [0.05, 0.1) is 5.52 Å². The molecule has 0 atom stereocenters. The first-order chi connectivity index (χ1) is 5.83. The van der Waals surface area contributed by atoms with Crippen LogP contribution in [0.25, 0.3) is 5.52 Å². The molecular weight excluding hydrogens is 168 g/mol. The van der Waals surface area contributed by atoms with Crippen LogP contribution in [-0.2, 0) is 0 Å². The van der Waals surface area contributed by atoms with Crippen molar-refractivity contribution in [3.8, 4) is 0 Å². The summed E-state index contributed by atoms with van der Waals surface area (Å²) in [5.41, 5.74) is 2.50. The maximum absolute atomic E-state index is 4.30. The monoisotopic (exact) mass is 178 g/mol. The molecular formula is C9H10N2S. The molecule has 0 unspecified atom stereocenters. The van der Waals surface area contributed by atoms with Crippen LogP contribution in [0.2, 0.25) is 0 Å². The highest BCUT2D eigenvalue weighted by Gasteiger charge is 2.03. The Bertz CT molecular complexity index is 406. The highest BCUT2D eigenvalue weighted by Crippen LogP contribution is 2.21. The van der Waals surface area contributed by atoms with Gasteiger partial charge in [-0.3, -0.25) is 0 Å². The van der Waals surface area contributed by atoms with E-state index in [1.54, 1.807) is 11.8 Å². The van der Waals surface area contributed by atoms with Crippen molar-refractivity contribution in [1.29, 1.82) is 0 Å². The number of aryl methyl sites for hydroxylation is 1. The van der Waals surface area contributed by atoms with E-state index in [0.29, 0.717) is 0 Å². The number of pyridine rings is 1. The van der Waals surface area contributed by atoms with Gasteiger partial charge in [-0.2, -0.15) is 0 Å². The first kappa shape index (κ1) is 7.68. The van der Waals surface area contributed by atoms with Crippen molar-refractivity contribution >= 4 is 17.3 Å². The largest absolute Gasteiger partial charge is 0.305 e. The van der Waals surface area contributed by atoms with Crippen LogP contribution in [0.5, 0.6) is 0 Å². The predicted molar refractivity (Wildman–Crippen MR) is 51.7 cm³/mol. The van der Waals surface area contributed by atoms with E-state index in [2.05, 4.69) is 28.6 Å². The SMILES string of the molecule is CSc1ncn2cccc(C)c12. The Labute approximate surface area is 75.6 Å². The summed E-state index contributed by atoms with van der Waals surface area (Å²) in [6.45, 7) is 2.11. The fourth-order valence-electron chi connectivity index (χ4n) is 1.34. The predicted octanol–water partition coefficient (Wildman–Crippen LogP) is 2.36. The molecule has 0 saturated carbocycles. The van der Waals surface area contributed by atoms with Gasteiger partial charge >= 0.3 is 0 Å². The van der Waals surface area contributed by atoms with Crippen LogP contribution in [0, 0.1) is 6.92 Å². The Balaban J connectivity index is 2.83. The molecule has 2 rings (SSSR count). The Morgan fingerprint density at radius 3 is 3.08 bits per heavy atom. The summed E-state index contributed by atoms with van der Waals surface area (Å²) >= 11 is 1.69. The topological polar surface area (TPSA) is 17.3 Å². The van der Waals surface area contributed by atoms with Crippen molar-refractivity contribution < 1.29 is 0 Å². The lowest BCUT2D eigenvalue weighted by molar-refractivity contribution is 1.14. The zero-order valence-corrected chi connectivity index (χ0v) is 7.93. The van der Waals surface area contributed by atoms with Gasteiger partial charge in [-0.25, -0.2) is 4.98 Å². The molecule has 0 bridgehead atoms. The standard InChI is InChI=1S/C9H10N2S/c1-7-4-3-5-11-6-10-9(12-2)8(7)11/h3-6H,1-2H3. The number of nitrogens with zero attached hydrogens (tertiary/aromatic N) is 2. The van der Waals surface area contributed by atoms with Gasteiger partial charge in [-0.05, 0) is 24.8 Å². The first-order valence-corrected chi connectivity index (χ1v) is 5.01. The third kappa shape index (κ3) is 1.01. The number of rotatable bonds is 1. The van der Waals surface area contributed by atoms with E-state index in [9.17, 15) is 0 Å². The van der Waals surface area contributed by atoms with Gasteiger partial charge in [0.15, 0.2) is 0 Å². The van der Waals surface area contributed by atoms with Crippen molar-refractivity contribution in [1.82, 2.24) is 9.38 Å². The second-order valence-corrected chi connectivity index (χ2v) is 3.50. The molecule has 2 aromatic rings. The van der Waals surface area contributed by atoms with Gasteiger partial charge in [0.2, 0.25) is 0 Å². The summed E-state index contributed by atoms with van der Waals surface area (Å²) in [6, 6.07) is 4.14. The van der Waals surface area contributed by atoms with Gasteiger partial charge in [0.1, 0.15) is 11.4 Å². The molecule has 12 heavy (non-hydrogen) atoms. The number of aromatic nitrogens is 2. The number of fused-ring (bicyclic) bond motifs is 1. The Kier molecular flexibility index (Phi) is 1.81. The van der Waals surface area contributed by atoms with E-state index < -0.39 is 0 Å². The summed E-state index contributed by atoms with van der Waals surface area (Å²) < 4.78 is 2.06. The number of hydrogen-bond acceptors (Lipinski definition) is 2. The van der Waals surface area contributed by atoms with Crippen LogP contribution in [0.15, 0.2) is 29.7 Å². The minimum absolute atomic E-state index is 1.10. The van der Waals surface area contributed by atoms with Crippen molar-refractivity contribution in [3.05, 3.63) is 30.2 Å². The smallest absolute Gasteiger partial charge is 0.122 e. The van der Waals surface area contributed by atoms with Crippen molar-refractivity contribution in [2.75, 3.05) is 6.26 Å². The molecule has 62 valence electrons. The van der Waals surface area contributed by atoms with E-state index >= 15 is 0 Å². The summed E-state index contributed by atoms with van der Waals surface area (Å²) in [6.07, 6.45) is 5.93. The van der Waals surface area contributed by atoms with Crippen molar-refractivity contribution in [2.24, 2.45) is 0 Å². The molecule has 2 nitrogen and oxygen atoms in total. The molecule has 2 aromatic heterocycles. The Hall–Kier alpha value is -0.960. The third-order valence-corrected chi connectivity index (χ3v) is 2.61. The van der Waals surface area contributed by atoms with Gasteiger partial charge < -0.3 is 4.40 Å². The summed E-state index contributed by atoms with van der Waals surface area (Å²) in [5, 5.41) is 1.10. The minimum Gasteiger partial charge on any atom is -0.305 e. The van der Waals surface area contributed by atoms with Gasteiger partial charge in [0.25, 0.3) is 0 Å². The molecule has 0 aliphatic heterocycles. The van der Waals surface area contributed by atoms with Gasteiger partial charge in [-0.15, -0.1) is 11.8 Å². The quantitative estimate of drug-likeness (QED) is 0.624. The van der Waals surface area contributed by atoms with E-state index in [4.69, 9.17) is 0 Å². The van der Waals surface area contributed by atoms with E-state index in [0.717, 1.165) is 5.03 Å².